The zero-order valence-corrected chi connectivity index (χ0v) is 6.49. The molecule has 0 radical (unpaired) electrons. The molecule has 12 heavy (non-hydrogen) atoms. The Bertz CT molecular complexity index is 208. The van der Waals surface area contributed by atoms with Gasteiger partial charge in [-0.25, -0.2) is 0 Å². The molecular weight excluding hydrogens is 159 g/mol. The molecule has 1 nitrogen and oxygen atoms in total. The van der Waals surface area contributed by atoms with E-state index in [1.54, 1.807) is 6.08 Å². The average Bonchev–Trinajstić information content (AvgIpc) is 2.07. The van der Waals surface area contributed by atoms with E-state index in [1.165, 1.54) is 5.56 Å². The Morgan fingerprint density at radius 1 is 1.25 bits per heavy atom. The van der Waals surface area contributed by atoms with Crippen LogP contribution in [0, 0.1) is 0 Å². The number of rotatable bonds is 4. The zero-order chi connectivity index (χ0) is 7.94. The molecule has 0 aliphatic carbocycles. The summed E-state index contributed by atoms with van der Waals surface area (Å²) in [6, 6.07) is 10.1. The van der Waals surface area contributed by atoms with Gasteiger partial charge in [-0.1, -0.05) is 36.4 Å². The van der Waals surface area contributed by atoms with E-state index in [0.29, 0.717) is 13.2 Å². The van der Waals surface area contributed by atoms with Gasteiger partial charge in [-0.2, -0.15) is 0 Å². The van der Waals surface area contributed by atoms with Crippen LogP contribution in [0.3, 0.4) is 0 Å². The van der Waals surface area contributed by atoms with Crippen molar-refractivity contribution in [3.8, 4) is 0 Å². The summed E-state index contributed by atoms with van der Waals surface area (Å²) >= 11 is 0. The summed E-state index contributed by atoms with van der Waals surface area (Å²) in [7, 11) is 0. The Labute approximate surface area is 95.7 Å². The van der Waals surface area contributed by atoms with Crippen LogP contribution in [0.25, 0.3) is 0 Å². The van der Waals surface area contributed by atoms with Crippen LogP contribution in [0.15, 0.2) is 43.0 Å². The Balaban J connectivity index is 0.00000121. The molecule has 2 heteroatoms. The number of ether oxygens (including phenoxy) is 1. The van der Waals surface area contributed by atoms with Crippen LogP contribution in [0.5, 0.6) is 0 Å². The fraction of sp³-hybridized carbons (Fsp3) is 0.200. The van der Waals surface area contributed by atoms with Crippen molar-refractivity contribution in [1.82, 2.24) is 0 Å². The standard InChI is InChI=1S/C10H12O.Na.H/c1-2-8-11-9-10-6-4-3-5-7-10;;/h2-7H,1,8-9H2;;. The zero-order valence-electron chi connectivity index (χ0n) is 6.49. The fourth-order valence-electron chi connectivity index (χ4n) is 0.834. The van der Waals surface area contributed by atoms with Crippen molar-refractivity contribution < 1.29 is 4.74 Å². The molecule has 1 aromatic carbocycles. The topological polar surface area (TPSA) is 9.23 Å². The first-order valence-corrected chi connectivity index (χ1v) is 3.66. The molecule has 0 saturated heterocycles. The van der Waals surface area contributed by atoms with Crippen molar-refractivity contribution in [2.45, 2.75) is 6.61 Å². The molecule has 60 valence electrons. The Kier molecular flexibility index (Phi) is 7.51. The predicted octanol–water partition coefficient (Wildman–Crippen LogP) is 1.74. The Hall–Kier alpha value is -0.0800. The van der Waals surface area contributed by atoms with E-state index in [0.717, 1.165) is 0 Å². The van der Waals surface area contributed by atoms with Gasteiger partial charge in [0.05, 0.1) is 13.2 Å². The van der Waals surface area contributed by atoms with Crippen molar-refractivity contribution >= 4 is 29.6 Å². The molecular formula is C10H13NaO. The molecule has 0 heterocycles. The van der Waals surface area contributed by atoms with Gasteiger partial charge in [0, 0.05) is 0 Å². The van der Waals surface area contributed by atoms with Gasteiger partial charge >= 0.3 is 29.6 Å². The minimum absolute atomic E-state index is 0. The summed E-state index contributed by atoms with van der Waals surface area (Å²) in [4.78, 5) is 0. The first-order valence-electron chi connectivity index (χ1n) is 3.66. The summed E-state index contributed by atoms with van der Waals surface area (Å²) in [6.07, 6.45) is 1.75. The van der Waals surface area contributed by atoms with Crippen molar-refractivity contribution in [3.63, 3.8) is 0 Å². The van der Waals surface area contributed by atoms with Gasteiger partial charge in [-0.05, 0) is 5.56 Å². The molecule has 1 aromatic rings. The van der Waals surface area contributed by atoms with Crippen LogP contribution in [0.1, 0.15) is 5.56 Å². The van der Waals surface area contributed by atoms with Gasteiger partial charge in [0.25, 0.3) is 0 Å². The van der Waals surface area contributed by atoms with E-state index in [4.69, 9.17) is 4.74 Å². The van der Waals surface area contributed by atoms with Crippen LogP contribution < -0.4 is 0 Å². The van der Waals surface area contributed by atoms with Crippen LogP contribution in [-0.2, 0) is 11.3 Å². The molecule has 0 unspecified atom stereocenters. The van der Waals surface area contributed by atoms with Gasteiger partial charge in [0.15, 0.2) is 0 Å². The molecule has 0 aliphatic heterocycles. The quantitative estimate of drug-likeness (QED) is 0.382. The molecule has 0 aromatic heterocycles. The van der Waals surface area contributed by atoms with E-state index in [2.05, 4.69) is 6.58 Å². The molecule has 0 atom stereocenters. The second-order valence-electron chi connectivity index (χ2n) is 2.29. The monoisotopic (exact) mass is 172 g/mol. The van der Waals surface area contributed by atoms with Crippen molar-refractivity contribution in [2.75, 3.05) is 6.61 Å². The summed E-state index contributed by atoms with van der Waals surface area (Å²) < 4.78 is 5.25. The second kappa shape index (κ2) is 7.56. The maximum atomic E-state index is 5.25. The van der Waals surface area contributed by atoms with E-state index in [-0.39, 0.29) is 29.6 Å². The SMILES string of the molecule is C=CCOCc1ccccc1.[NaH]. The van der Waals surface area contributed by atoms with Crippen LogP contribution in [0.4, 0.5) is 0 Å². The molecule has 0 bridgehead atoms. The molecule has 0 spiro atoms. The second-order valence-corrected chi connectivity index (χ2v) is 2.29. The number of benzene rings is 1. The summed E-state index contributed by atoms with van der Waals surface area (Å²) in [5.41, 5.74) is 1.20. The van der Waals surface area contributed by atoms with Crippen LogP contribution in [-0.4, -0.2) is 36.2 Å². The third-order valence-corrected chi connectivity index (χ3v) is 1.35. The number of hydrogen-bond donors (Lipinski definition) is 0. The van der Waals surface area contributed by atoms with Gasteiger partial charge in [-0.15, -0.1) is 6.58 Å². The predicted molar refractivity (Wildman–Crippen MR) is 53.4 cm³/mol. The Morgan fingerprint density at radius 3 is 2.50 bits per heavy atom. The summed E-state index contributed by atoms with van der Waals surface area (Å²) in [5.74, 6) is 0. The first-order chi connectivity index (χ1) is 5.43. The van der Waals surface area contributed by atoms with Crippen molar-refractivity contribution in [1.29, 1.82) is 0 Å². The normalized spacial score (nSPS) is 8.67. The van der Waals surface area contributed by atoms with Gasteiger partial charge in [-0.3, -0.25) is 0 Å². The van der Waals surface area contributed by atoms with E-state index in [1.807, 2.05) is 30.3 Å². The van der Waals surface area contributed by atoms with Crippen molar-refractivity contribution in [2.24, 2.45) is 0 Å². The van der Waals surface area contributed by atoms with Crippen molar-refractivity contribution in [3.05, 3.63) is 48.6 Å². The van der Waals surface area contributed by atoms with Crippen LogP contribution in [0.2, 0.25) is 0 Å². The van der Waals surface area contributed by atoms with Gasteiger partial charge in [0.2, 0.25) is 0 Å². The van der Waals surface area contributed by atoms with E-state index < -0.39 is 0 Å². The first kappa shape index (κ1) is 11.9. The molecule has 0 N–H and O–H groups in total. The Morgan fingerprint density at radius 2 is 1.92 bits per heavy atom. The third kappa shape index (κ3) is 4.73. The van der Waals surface area contributed by atoms with E-state index in [9.17, 15) is 0 Å². The van der Waals surface area contributed by atoms with Gasteiger partial charge < -0.3 is 4.74 Å². The molecule has 0 aliphatic rings. The van der Waals surface area contributed by atoms with E-state index >= 15 is 0 Å². The third-order valence-electron chi connectivity index (χ3n) is 1.35. The average molecular weight is 172 g/mol. The van der Waals surface area contributed by atoms with Gasteiger partial charge in [0.1, 0.15) is 0 Å². The molecule has 0 fully saturated rings. The number of hydrogen-bond acceptors (Lipinski definition) is 1. The molecule has 0 amide bonds. The fourth-order valence-corrected chi connectivity index (χ4v) is 0.834. The maximum absolute atomic E-state index is 5.25. The van der Waals surface area contributed by atoms with Crippen LogP contribution >= 0.6 is 0 Å². The molecule has 1 rings (SSSR count). The summed E-state index contributed by atoms with van der Waals surface area (Å²) in [5, 5.41) is 0. The molecule has 0 saturated carbocycles. The summed E-state index contributed by atoms with van der Waals surface area (Å²) in [6.45, 7) is 4.86. The minimum atomic E-state index is 0.